The Morgan fingerprint density at radius 1 is 1.24 bits per heavy atom. The number of nitrogens with one attached hydrogen (secondary N) is 1. The summed E-state index contributed by atoms with van der Waals surface area (Å²) in [6, 6.07) is 13.3. The standard InChI is InChI=1S/C21H26ClN3O3S/c1-16-14-18(22)8-9-19(16)25(29(2,27)28)15-21(26)23-11-5-12-24-13-10-17-6-3-4-7-20(17)24/h3-4,6-9,14H,5,10-13,15H2,1-2H3,(H,23,26). The Bertz CT molecular complexity index is 994. The second kappa shape index (κ2) is 9.05. The van der Waals surface area contributed by atoms with Crippen molar-refractivity contribution in [1.82, 2.24) is 5.32 Å². The zero-order valence-electron chi connectivity index (χ0n) is 16.7. The SMILES string of the molecule is Cc1cc(Cl)ccc1N(CC(=O)NCCCN1CCc2ccccc21)S(C)(=O)=O. The quantitative estimate of drug-likeness (QED) is 0.647. The summed E-state index contributed by atoms with van der Waals surface area (Å²) in [5.41, 5.74) is 3.78. The maximum Gasteiger partial charge on any atom is 0.240 e. The van der Waals surface area contributed by atoms with Gasteiger partial charge in [0, 0.05) is 30.3 Å². The number of halogens is 1. The van der Waals surface area contributed by atoms with Gasteiger partial charge in [-0.3, -0.25) is 9.10 Å². The lowest BCUT2D eigenvalue weighted by atomic mass is 10.2. The molecule has 1 amide bonds. The van der Waals surface area contributed by atoms with Crippen molar-refractivity contribution in [1.29, 1.82) is 0 Å². The van der Waals surface area contributed by atoms with Gasteiger partial charge in [-0.2, -0.15) is 0 Å². The van der Waals surface area contributed by atoms with E-state index in [-0.39, 0.29) is 12.5 Å². The normalized spacial score (nSPS) is 13.3. The van der Waals surface area contributed by atoms with Crippen molar-refractivity contribution in [2.24, 2.45) is 0 Å². The van der Waals surface area contributed by atoms with Crippen molar-refractivity contribution in [2.45, 2.75) is 19.8 Å². The number of nitrogens with zero attached hydrogens (tertiary/aromatic N) is 2. The Labute approximate surface area is 177 Å². The van der Waals surface area contributed by atoms with Crippen LogP contribution in [0.1, 0.15) is 17.5 Å². The molecule has 0 aliphatic carbocycles. The van der Waals surface area contributed by atoms with Gasteiger partial charge in [-0.25, -0.2) is 8.42 Å². The Hall–Kier alpha value is -2.25. The Balaban J connectivity index is 1.53. The molecule has 0 fully saturated rings. The molecule has 8 heteroatoms. The van der Waals surface area contributed by atoms with Crippen LogP contribution in [0.4, 0.5) is 11.4 Å². The maximum atomic E-state index is 12.4. The smallest absolute Gasteiger partial charge is 0.240 e. The van der Waals surface area contributed by atoms with Crippen LogP contribution in [0.25, 0.3) is 0 Å². The highest BCUT2D eigenvalue weighted by atomic mass is 35.5. The lowest BCUT2D eigenvalue weighted by molar-refractivity contribution is -0.119. The highest BCUT2D eigenvalue weighted by Crippen LogP contribution is 2.27. The van der Waals surface area contributed by atoms with E-state index in [9.17, 15) is 13.2 Å². The number of hydrogen-bond donors (Lipinski definition) is 1. The van der Waals surface area contributed by atoms with E-state index < -0.39 is 10.0 Å². The number of hydrogen-bond acceptors (Lipinski definition) is 4. The number of aryl methyl sites for hydroxylation is 1. The molecule has 2 aromatic carbocycles. The summed E-state index contributed by atoms with van der Waals surface area (Å²) in [7, 11) is -3.60. The van der Waals surface area contributed by atoms with Gasteiger partial charge >= 0.3 is 0 Å². The Morgan fingerprint density at radius 2 is 2.00 bits per heavy atom. The zero-order chi connectivity index (χ0) is 21.0. The minimum atomic E-state index is -3.60. The van der Waals surface area contributed by atoms with Crippen LogP contribution in [-0.4, -0.2) is 46.8 Å². The molecule has 156 valence electrons. The lowest BCUT2D eigenvalue weighted by Gasteiger charge is -2.24. The Morgan fingerprint density at radius 3 is 2.72 bits per heavy atom. The molecule has 29 heavy (non-hydrogen) atoms. The van der Waals surface area contributed by atoms with Gasteiger partial charge in [0.25, 0.3) is 0 Å². The summed E-state index contributed by atoms with van der Waals surface area (Å²) in [4.78, 5) is 14.7. The first-order valence-corrected chi connectivity index (χ1v) is 11.8. The van der Waals surface area contributed by atoms with Crippen LogP contribution in [0.2, 0.25) is 5.02 Å². The molecule has 0 saturated heterocycles. The number of anilines is 2. The Kier molecular flexibility index (Phi) is 6.70. The third-order valence-electron chi connectivity index (χ3n) is 5.03. The fraction of sp³-hybridized carbons (Fsp3) is 0.381. The fourth-order valence-electron chi connectivity index (χ4n) is 3.60. The van der Waals surface area contributed by atoms with Crippen LogP contribution >= 0.6 is 11.6 Å². The van der Waals surface area contributed by atoms with Gasteiger partial charge < -0.3 is 10.2 Å². The summed E-state index contributed by atoms with van der Waals surface area (Å²) in [6.45, 7) is 3.85. The molecule has 0 saturated carbocycles. The number of carbonyl (C=O) groups is 1. The topological polar surface area (TPSA) is 69.7 Å². The highest BCUT2D eigenvalue weighted by molar-refractivity contribution is 7.92. The van der Waals surface area contributed by atoms with Crippen molar-refractivity contribution in [3.63, 3.8) is 0 Å². The van der Waals surface area contributed by atoms with Gasteiger partial charge in [-0.15, -0.1) is 0 Å². The van der Waals surface area contributed by atoms with Gasteiger partial charge in [0.15, 0.2) is 0 Å². The maximum absolute atomic E-state index is 12.4. The summed E-state index contributed by atoms with van der Waals surface area (Å²) < 4.78 is 25.6. The molecule has 0 bridgehead atoms. The van der Waals surface area contributed by atoms with E-state index in [1.54, 1.807) is 25.1 Å². The fourth-order valence-corrected chi connectivity index (χ4v) is 4.74. The highest BCUT2D eigenvalue weighted by Gasteiger charge is 2.22. The number of rotatable bonds is 8. The summed E-state index contributed by atoms with van der Waals surface area (Å²) in [5, 5.41) is 3.36. The molecule has 0 aromatic heterocycles. The lowest BCUT2D eigenvalue weighted by Crippen LogP contribution is -2.41. The molecule has 0 radical (unpaired) electrons. The number of benzene rings is 2. The molecule has 3 rings (SSSR count). The van der Waals surface area contributed by atoms with Gasteiger partial charge in [-0.1, -0.05) is 29.8 Å². The van der Waals surface area contributed by atoms with E-state index in [1.165, 1.54) is 11.3 Å². The predicted octanol–water partition coefficient (Wildman–Crippen LogP) is 2.98. The van der Waals surface area contributed by atoms with E-state index in [2.05, 4.69) is 28.4 Å². The van der Waals surface area contributed by atoms with E-state index in [1.807, 2.05) is 6.07 Å². The van der Waals surface area contributed by atoms with Crippen molar-refractivity contribution in [3.05, 3.63) is 58.6 Å². The van der Waals surface area contributed by atoms with E-state index in [0.29, 0.717) is 22.8 Å². The molecule has 2 aromatic rings. The minimum absolute atomic E-state index is 0.256. The van der Waals surface area contributed by atoms with Gasteiger partial charge in [0.05, 0.1) is 11.9 Å². The average molecular weight is 436 g/mol. The molecule has 0 unspecified atom stereocenters. The van der Waals surface area contributed by atoms with E-state index >= 15 is 0 Å². The van der Waals surface area contributed by atoms with E-state index in [4.69, 9.17) is 11.6 Å². The second-order valence-electron chi connectivity index (χ2n) is 7.27. The molecular formula is C21H26ClN3O3S. The molecule has 1 aliphatic heterocycles. The van der Waals surface area contributed by atoms with Gasteiger partial charge in [0.2, 0.25) is 15.9 Å². The largest absolute Gasteiger partial charge is 0.371 e. The number of amides is 1. The number of fused-ring (bicyclic) bond motifs is 1. The minimum Gasteiger partial charge on any atom is -0.371 e. The van der Waals surface area contributed by atoms with Gasteiger partial charge in [0.1, 0.15) is 6.54 Å². The average Bonchev–Trinajstić information content (AvgIpc) is 3.06. The molecule has 1 aliphatic rings. The van der Waals surface area contributed by atoms with Crippen LogP contribution in [0.15, 0.2) is 42.5 Å². The number of para-hydroxylation sites is 1. The molecule has 0 atom stereocenters. The predicted molar refractivity (Wildman–Crippen MR) is 118 cm³/mol. The summed E-state index contributed by atoms with van der Waals surface area (Å²) in [6.07, 6.45) is 2.93. The van der Waals surface area contributed by atoms with Crippen molar-refractivity contribution in [3.8, 4) is 0 Å². The molecule has 1 heterocycles. The van der Waals surface area contributed by atoms with Crippen LogP contribution in [0.5, 0.6) is 0 Å². The van der Waals surface area contributed by atoms with Crippen molar-refractivity contribution >= 4 is 38.9 Å². The van der Waals surface area contributed by atoms with Crippen LogP contribution in [0, 0.1) is 6.92 Å². The van der Waals surface area contributed by atoms with Crippen molar-refractivity contribution < 1.29 is 13.2 Å². The molecule has 0 spiro atoms. The van der Waals surface area contributed by atoms with Crippen LogP contribution < -0.4 is 14.5 Å². The number of carbonyl (C=O) groups excluding carboxylic acids is 1. The second-order valence-corrected chi connectivity index (χ2v) is 9.61. The third-order valence-corrected chi connectivity index (χ3v) is 6.39. The zero-order valence-corrected chi connectivity index (χ0v) is 18.3. The van der Waals surface area contributed by atoms with Crippen LogP contribution in [-0.2, 0) is 21.2 Å². The van der Waals surface area contributed by atoms with E-state index in [0.717, 1.165) is 36.5 Å². The van der Waals surface area contributed by atoms with Gasteiger partial charge in [-0.05, 0) is 55.2 Å². The summed E-state index contributed by atoms with van der Waals surface area (Å²) >= 11 is 5.96. The monoisotopic (exact) mass is 435 g/mol. The number of sulfonamides is 1. The molecular weight excluding hydrogens is 410 g/mol. The summed E-state index contributed by atoms with van der Waals surface area (Å²) in [5.74, 6) is -0.327. The molecule has 6 nitrogen and oxygen atoms in total. The first kappa shape index (κ1) is 21.5. The van der Waals surface area contributed by atoms with Crippen LogP contribution in [0.3, 0.4) is 0 Å². The first-order chi connectivity index (χ1) is 13.8. The molecule has 1 N–H and O–H groups in total. The van der Waals surface area contributed by atoms with Crippen molar-refractivity contribution in [2.75, 3.05) is 41.6 Å². The first-order valence-electron chi connectivity index (χ1n) is 9.59. The third kappa shape index (κ3) is 5.42.